The first-order valence-electron chi connectivity index (χ1n) is 7.47. The lowest BCUT2D eigenvalue weighted by atomic mass is 10.0. The topological polar surface area (TPSA) is 52.5 Å². The molecular weight excluding hydrogens is 327 g/mol. The van der Waals surface area contributed by atoms with Crippen LogP contribution in [-0.2, 0) is 6.18 Å². The SMILES string of the molecule is C[C@H](c1cccc(C#N)c1)n1c(C(F)(F)F)cc2cc(C#N)ccc21. The van der Waals surface area contributed by atoms with Crippen LogP contribution in [0.1, 0.15) is 35.3 Å². The van der Waals surface area contributed by atoms with Crippen LogP contribution in [0.15, 0.2) is 48.5 Å². The Bertz CT molecular complexity index is 1030. The van der Waals surface area contributed by atoms with Gasteiger partial charge in [-0.05, 0) is 48.9 Å². The smallest absolute Gasteiger partial charge is 0.330 e. The quantitative estimate of drug-likeness (QED) is 0.659. The fraction of sp³-hybridized carbons (Fsp3) is 0.158. The van der Waals surface area contributed by atoms with Crippen molar-refractivity contribution in [3.05, 3.63) is 70.9 Å². The van der Waals surface area contributed by atoms with Crippen LogP contribution < -0.4 is 0 Å². The Balaban J connectivity index is 2.26. The molecule has 0 saturated carbocycles. The number of hydrogen-bond acceptors (Lipinski definition) is 2. The summed E-state index contributed by atoms with van der Waals surface area (Å²) < 4.78 is 41.9. The summed E-state index contributed by atoms with van der Waals surface area (Å²) in [5.74, 6) is 0. The molecule has 2 aromatic carbocycles. The zero-order valence-corrected chi connectivity index (χ0v) is 13.2. The van der Waals surface area contributed by atoms with E-state index in [0.717, 1.165) is 6.07 Å². The van der Waals surface area contributed by atoms with Crippen molar-refractivity contribution in [3.8, 4) is 12.1 Å². The number of halogens is 3. The molecule has 3 aromatic rings. The van der Waals surface area contributed by atoms with Gasteiger partial charge in [-0.2, -0.15) is 23.7 Å². The highest BCUT2D eigenvalue weighted by molar-refractivity contribution is 5.83. The number of benzene rings is 2. The van der Waals surface area contributed by atoms with E-state index in [-0.39, 0.29) is 0 Å². The lowest BCUT2D eigenvalue weighted by Crippen LogP contribution is -2.17. The number of rotatable bonds is 2. The first-order valence-corrected chi connectivity index (χ1v) is 7.47. The summed E-state index contributed by atoms with van der Waals surface area (Å²) in [6.07, 6.45) is -4.53. The van der Waals surface area contributed by atoms with Crippen LogP contribution in [0, 0.1) is 22.7 Å². The van der Waals surface area contributed by atoms with Crippen molar-refractivity contribution >= 4 is 10.9 Å². The van der Waals surface area contributed by atoms with E-state index in [4.69, 9.17) is 10.5 Å². The minimum atomic E-state index is -4.53. The minimum absolute atomic E-state index is 0.303. The molecule has 3 rings (SSSR count). The molecule has 0 saturated heterocycles. The summed E-state index contributed by atoms with van der Waals surface area (Å²) in [7, 11) is 0. The maximum Gasteiger partial charge on any atom is 0.431 e. The van der Waals surface area contributed by atoms with Crippen LogP contribution in [0.3, 0.4) is 0 Å². The van der Waals surface area contributed by atoms with Gasteiger partial charge in [-0.3, -0.25) is 0 Å². The van der Waals surface area contributed by atoms with Gasteiger partial charge < -0.3 is 4.57 Å². The van der Waals surface area contributed by atoms with Crippen molar-refractivity contribution in [3.63, 3.8) is 0 Å². The van der Waals surface area contributed by atoms with Crippen LogP contribution in [0.4, 0.5) is 13.2 Å². The molecule has 1 heterocycles. The number of fused-ring (bicyclic) bond motifs is 1. The Hall–Kier alpha value is -3.25. The van der Waals surface area contributed by atoms with Crippen LogP contribution >= 0.6 is 0 Å². The molecule has 0 N–H and O–H groups in total. The van der Waals surface area contributed by atoms with Gasteiger partial charge >= 0.3 is 6.18 Å². The molecule has 1 aromatic heterocycles. The fourth-order valence-corrected chi connectivity index (χ4v) is 2.96. The van der Waals surface area contributed by atoms with Gasteiger partial charge in [0.05, 0.1) is 29.3 Å². The zero-order chi connectivity index (χ0) is 18.2. The predicted molar refractivity (Wildman–Crippen MR) is 86.6 cm³/mol. The molecule has 0 spiro atoms. The largest absolute Gasteiger partial charge is 0.431 e. The van der Waals surface area contributed by atoms with Crippen LogP contribution in [0.2, 0.25) is 0 Å². The molecule has 0 aliphatic rings. The highest BCUT2D eigenvalue weighted by atomic mass is 19.4. The average Bonchev–Trinajstić information content (AvgIpc) is 3.00. The molecule has 0 unspecified atom stereocenters. The Morgan fingerprint density at radius 3 is 2.28 bits per heavy atom. The Kier molecular flexibility index (Phi) is 3.98. The number of hydrogen-bond donors (Lipinski definition) is 0. The third-order valence-electron chi connectivity index (χ3n) is 4.14. The molecule has 124 valence electrons. The number of alkyl halides is 3. The fourth-order valence-electron chi connectivity index (χ4n) is 2.96. The van der Waals surface area contributed by atoms with Crippen LogP contribution in [-0.4, -0.2) is 4.57 Å². The van der Waals surface area contributed by atoms with E-state index in [1.807, 2.05) is 12.1 Å². The lowest BCUT2D eigenvalue weighted by Gasteiger charge is -2.21. The molecule has 0 fully saturated rings. The predicted octanol–water partition coefficient (Wildman–Crippen LogP) is 5.01. The van der Waals surface area contributed by atoms with Gasteiger partial charge in [0.1, 0.15) is 5.69 Å². The van der Waals surface area contributed by atoms with E-state index in [1.54, 1.807) is 31.2 Å². The third-order valence-corrected chi connectivity index (χ3v) is 4.14. The first-order chi connectivity index (χ1) is 11.8. The average molecular weight is 339 g/mol. The first kappa shape index (κ1) is 16.6. The van der Waals surface area contributed by atoms with E-state index >= 15 is 0 Å². The molecule has 25 heavy (non-hydrogen) atoms. The number of nitriles is 2. The second kappa shape index (κ2) is 5.99. The summed E-state index contributed by atoms with van der Waals surface area (Å²) in [5.41, 5.74) is 0.902. The second-order valence-electron chi connectivity index (χ2n) is 5.70. The van der Waals surface area contributed by atoms with Crippen molar-refractivity contribution in [2.75, 3.05) is 0 Å². The van der Waals surface area contributed by atoms with Gasteiger partial charge in [-0.1, -0.05) is 12.1 Å². The lowest BCUT2D eigenvalue weighted by molar-refractivity contribution is -0.143. The molecule has 0 aliphatic heterocycles. The Morgan fingerprint density at radius 1 is 0.960 bits per heavy atom. The maximum absolute atomic E-state index is 13.6. The molecule has 3 nitrogen and oxygen atoms in total. The summed E-state index contributed by atoms with van der Waals surface area (Å²) in [4.78, 5) is 0. The van der Waals surface area contributed by atoms with Gasteiger partial charge in [0.25, 0.3) is 0 Å². The standard InChI is InChI=1S/C19H12F3N3/c1-12(15-4-2-3-13(7-15)10-23)25-17-6-5-14(11-24)8-16(17)9-18(25)19(20,21)22/h2-9,12H,1H3/t12-/m1/s1. The summed E-state index contributed by atoms with van der Waals surface area (Å²) in [6, 6.07) is 15.4. The van der Waals surface area contributed by atoms with Crippen molar-refractivity contribution in [1.29, 1.82) is 10.5 Å². The Morgan fingerprint density at radius 2 is 1.64 bits per heavy atom. The highest BCUT2D eigenvalue weighted by Crippen LogP contribution is 2.38. The van der Waals surface area contributed by atoms with Gasteiger partial charge in [-0.15, -0.1) is 0 Å². The van der Waals surface area contributed by atoms with E-state index < -0.39 is 17.9 Å². The van der Waals surface area contributed by atoms with Gasteiger partial charge in [0.15, 0.2) is 0 Å². The van der Waals surface area contributed by atoms with E-state index in [0.29, 0.717) is 27.6 Å². The van der Waals surface area contributed by atoms with E-state index in [2.05, 4.69) is 0 Å². The highest BCUT2D eigenvalue weighted by Gasteiger charge is 2.36. The number of aromatic nitrogens is 1. The molecule has 0 radical (unpaired) electrons. The third kappa shape index (κ3) is 2.95. The molecule has 6 heteroatoms. The maximum atomic E-state index is 13.6. The molecule has 1 atom stereocenters. The van der Waals surface area contributed by atoms with Gasteiger partial charge in [0.2, 0.25) is 0 Å². The van der Waals surface area contributed by atoms with Crippen molar-refractivity contribution in [2.24, 2.45) is 0 Å². The van der Waals surface area contributed by atoms with Crippen molar-refractivity contribution < 1.29 is 13.2 Å². The molecule has 0 aliphatic carbocycles. The summed E-state index contributed by atoms with van der Waals surface area (Å²) >= 11 is 0. The normalized spacial score (nSPS) is 12.6. The summed E-state index contributed by atoms with van der Waals surface area (Å²) in [5, 5.41) is 18.3. The van der Waals surface area contributed by atoms with E-state index in [9.17, 15) is 13.2 Å². The van der Waals surface area contributed by atoms with Crippen LogP contribution in [0.25, 0.3) is 10.9 Å². The van der Waals surface area contributed by atoms with Gasteiger partial charge in [-0.25, -0.2) is 0 Å². The van der Waals surface area contributed by atoms with Crippen molar-refractivity contribution in [2.45, 2.75) is 19.1 Å². The Labute approximate surface area is 142 Å². The summed E-state index contributed by atoms with van der Waals surface area (Å²) in [6.45, 7) is 1.66. The monoisotopic (exact) mass is 339 g/mol. The van der Waals surface area contributed by atoms with Crippen molar-refractivity contribution in [1.82, 2.24) is 4.57 Å². The molecule has 0 bridgehead atoms. The van der Waals surface area contributed by atoms with E-state index in [1.165, 1.54) is 22.8 Å². The number of nitrogens with zero attached hydrogens (tertiary/aromatic N) is 3. The van der Waals surface area contributed by atoms with Crippen LogP contribution in [0.5, 0.6) is 0 Å². The second-order valence-corrected chi connectivity index (χ2v) is 5.70. The molecular formula is C19H12F3N3. The van der Waals surface area contributed by atoms with Gasteiger partial charge in [0, 0.05) is 10.9 Å². The minimum Gasteiger partial charge on any atom is -0.330 e. The zero-order valence-electron chi connectivity index (χ0n) is 13.2. The molecule has 0 amide bonds.